The largest absolute Gasteiger partial charge is 0.273 e. The molecule has 0 saturated heterocycles. The molecule has 29 heavy (non-hydrogen) atoms. The van der Waals surface area contributed by atoms with E-state index >= 15 is 0 Å². The molecule has 1 N–H and O–H groups in total. The van der Waals surface area contributed by atoms with Crippen LogP contribution in [0.1, 0.15) is 41.2 Å². The summed E-state index contributed by atoms with van der Waals surface area (Å²) in [6, 6.07) is 26.9. The van der Waals surface area contributed by atoms with Crippen LogP contribution in [0.2, 0.25) is 0 Å². The second-order valence-corrected chi connectivity index (χ2v) is 7.95. The van der Waals surface area contributed by atoms with Crippen LogP contribution < -0.4 is 5.43 Å². The Morgan fingerprint density at radius 1 is 0.931 bits per heavy atom. The first-order valence-corrected chi connectivity index (χ1v) is 10.0. The van der Waals surface area contributed by atoms with E-state index in [2.05, 4.69) is 66.8 Å². The monoisotopic (exact) mass is 382 g/mol. The SMILES string of the molecule is C/C(=N/NC(=O)[C@H]1CC1(c1ccccc1)c1ccccc1)c1cc(C)ccc1C. The molecule has 0 unspecified atom stereocenters. The second-order valence-electron chi connectivity index (χ2n) is 7.95. The van der Waals surface area contributed by atoms with Crippen molar-refractivity contribution >= 4 is 11.6 Å². The first-order valence-electron chi connectivity index (χ1n) is 10.0. The van der Waals surface area contributed by atoms with Crippen LogP contribution in [0.3, 0.4) is 0 Å². The number of aryl methyl sites for hydroxylation is 2. The molecule has 0 radical (unpaired) electrons. The summed E-state index contributed by atoms with van der Waals surface area (Å²) >= 11 is 0. The lowest BCUT2D eigenvalue weighted by molar-refractivity contribution is -0.122. The number of carbonyl (C=O) groups excluding carboxylic acids is 1. The topological polar surface area (TPSA) is 41.5 Å². The second kappa shape index (κ2) is 7.67. The van der Waals surface area contributed by atoms with E-state index in [1.165, 1.54) is 16.7 Å². The highest BCUT2D eigenvalue weighted by atomic mass is 16.2. The maximum atomic E-state index is 13.0. The molecule has 1 aliphatic carbocycles. The molecule has 1 atom stereocenters. The van der Waals surface area contributed by atoms with Gasteiger partial charge in [0, 0.05) is 11.0 Å². The van der Waals surface area contributed by atoms with E-state index in [1.54, 1.807) is 0 Å². The average Bonchev–Trinajstić information content (AvgIpc) is 3.52. The average molecular weight is 383 g/mol. The van der Waals surface area contributed by atoms with E-state index in [1.807, 2.05) is 43.3 Å². The van der Waals surface area contributed by atoms with Gasteiger partial charge in [0.05, 0.1) is 11.6 Å². The highest BCUT2D eigenvalue weighted by molar-refractivity contribution is 6.01. The molecule has 1 fully saturated rings. The van der Waals surface area contributed by atoms with Crippen LogP contribution in [0.15, 0.2) is 84.0 Å². The molecule has 0 bridgehead atoms. The summed E-state index contributed by atoms with van der Waals surface area (Å²) in [5, 5.41) is 4.43. The molecule has 3 aromatic rings. The minimum atomic E-state index is -0.269. The summed E-state index contributed by atoms with van der Waals surface area (Å²) in [5.74, 6) is -0.148. The minimum Gasteiger partial charge on any atom is -0.273 e. The summed E-state index contributed by atoms with van der Waals surface area (Å²) in [6.07, 6.45) is 0.797. The third-order valence-corrected chi connectivity index (χ3v) is 5.97. The van der Waals surface area contributed by atoms with Gasteiger partial charge in [-0.15, -0.1) is 0 Å². The number of nitrogens with zero attached hydrogens (tertiary/aromatic N) is 1. The molecule has 1 saturated carbocycles. The summed E-state index contributed by atoms with van der Waals surface area (Å²) in [5.41, 5.74) is 9.16. The van der Waals surface area contributed by atoms with Crippen LogP contribution in [0.5, 0.6) is 0 Å². The highest BCUT2D eigenvalue weighted by Crippen LogP contribution is 2.58. The van der Waals surface area contributed by atoms with Crippen LogP contribution in [0, 0.1) is 19.8 Å². The molecule has 1 aliphatic rings. The van der Waals surface area contributed by atoms with E-state index in [0.29, 0.717) is 0 Å². The van der Waals surface area contributed by atoms with Crippen molar-refractivity contribution in [2.24, 2.45) is 11.0 Å². The van der Waals surface area contributed by atoms with Gasteiger partial charge in [-0.2, -0.15) is 5.10 Å². The van der Waals surface area contributed by atoms with Gasteiger partial charge in [-0.3, -0.25) is 4.79 Å². The first kappa shape index (κ1) is 19.1. The molecule has 4 rings (SSSR count). The van der Waals surface area contributed by atoms with Crippen molar-refractivity contribution in [1.82, 2.24) is 5.43 Å². The number of nitrogens with one attached hydrogen (secondary N) is 1. The lowest BCUT2D eigenvalue weighted by atomic mass is 9.85. The van der Waals surface area contributed by atoms with Gasteiger partial charge in [0.15, 0.2) is 0 Å². The Kier molecular flexibility index (Phi) is 5.06. The summed E-state index contributed by atoms with van der Waals surface area (Å²) in [6.45, 7) is 6.07. The van der Waals surface area contributed by atoms with Crippen LogP contribution in [-0.2, 0) is 10.2 Å². The van der Waals surface area contributed by atoms with Gasteiger partial charge in [0.2, 0.25) is 5.91 Å². The van der Waals surface area contributed by atoms with Crippen LogP contribution >= 0.6 is 0 Å². The fourth-order valence-electron chi connectivity index (χ4n) is 4.26. The Balaban J connectivity index is 1.58. The number of amides is 1. The maximum absolute atomic E-state index is 13.0. The van der Waals surface area contributed by atoms with E-state index in [4.69, 9.17) is 0 Å². The molecule has 0 aliphatic heterocycles. The van der Waals surface area contributed by atoms with Gasteiger partial charge in [-0.25, -0.2) is 5.43 Å². The van der Waals surface area contributed by atoms with E-state index in [0.717, 1.165) is 23.3 Å². The standard InChI is InChI=1S/C26H26N2O/c1-18-14-15-19(2)23(16-18)20(3)27-28-25(29)24-17-26(24,21-10-6-4-7-11-21)22-12-8-5-9-13-22/h4-16,24H,17H2,1-3H3,(H,28,29)/b27-20-/t24-/m1/s1. The quantitative estimate of drug-likeness (QED) is 0.481. The van der Waals surface area contributed by atoms with E-state index in [-0.39, 0.29) is 17.2 Å². The van der Waals surface area contributed by atoms with Gasteiger partial charge in [0.25, 0.3) is 0 Å². The molecule has 1 amide bonds. The van der Waals surface area contributed by atoms with Crippen LogP contribution in [-0.4, -0.2) is 11.6 Å². The summed E-state index contributed by atoms with van der Waals surface area (Å²) in [4.78, 5) is 13.0. The van der Waals surface area contributed by atoms with Gasteiger partial charge in [-0.05, 0) is 49.9 Å². The Morgan fingerprint density at radius 3 is 2.10 bits per heavy atom. The zero-order chi connectivity index (χ0) is 20.4. The Bertz CT molecular complexity index is 1020. The molecule has 3 aromatic carbocycles. The van der Waals surface area contributed by atoms with Crippen molar-refractivity contribution in [2.45, 2.75) is 32.6 Å². The van der Waals surface area contributed by atoms with Gasteiger partial charge in [-0.1, -0.05) is 78.4 Å². The smallest absolute Gasteiger partial charge is 0.244 e. The molecular weight excluding hydrogens is 356 g/mol. The Hall–Kier alpha value is -3.20. The predicted molar refractivity (Wildman–Crippen MR) is 118 cm³/mol. The van der Waals surface area contributed by atoms with E-state index < -0.39 is 0 Å². The maximum Gasteiger partial charge on any atom is 0.244 e. The molecule has 3 heteroatoms. The van der Waals surface area contributed by atoms with Crippen molar-refractivity contribution < 1.29 is 4.79 Å². The lowest BCUT2D eigenvalue weighted by Gasteiger charge is -2.18. The fraction of sp³-hybridized carbons (Fsp3) is 0.231. The van der Waals surface area contributed by atoms with Crippen molar-refractivity contribution in [2.75, 3.05) is 0 Å². The predicted octanol–water partition coefficient (Wildman–Crippen LogP) is 5.15. The zero-order valence-electron chi connectivity index (χ0n) is 17.1. The third kappa shape index (κ3) is 3.61. The number of rotatable bonds is 5. The summed E-state index contributed by atoms with van der Waals surface area (Å²) in [7, 11) is 0. The zero-order valence-corrected chi connectivity index (χ0v) is 17.1. The lowest BCUT2D eigenvalue weighted by Crippen LogP contribution is -2.26. The number of hydrogen-bond acceptors (Lipinski definition) is 2. The molecule has 0 aromatic heterocycles. The Morgan fingerprint density at radius 2 is 1.52 bits per heavy atom. The van der Waals surface area contributed by atoms with Crippen molar-refractivity contribution in [3.63, 3.8) is 0 Å². The number of carbonyl (C=O) groups is 1. The first-order chi connectivity index (χ1) is 14.0. The van der Waals surface area contributed by atoms with E-state index in [9.17, 15) is 4.79 Å². The van der Waals surface area contributed by atoms with Gasteiger partial charge in [0.1, 0.15) is 0 Å². The summed E-state index contributed by atoms with van der Waals surface area (Å²) < 4.78 is 0. The molecule has 0 spiro atoms. The van der Waals surface area contributed by atoms with Crippen molar-refractivity contribution in [3.05, 3.63) is 107 Å². The number of benzene rings is 3. The normalized spacial score (nSPS) is 17.6. The molecule has 0 heterocycles. The third-order valence-electron chi connectivity index (χ3n) is 5.97. The molecule has 146 valence electrons. The van der Waals surface area contributed by atoms with Crippen LogP contribution in [0.25, 0.3) is 0 Å². The molecule has 3 nitrogen and oxygen atoms in total. The molecular formula is C26H26N2O. The van der Waals surface area contributed by atoms with Crippen molar-refractivity contribution in [1.29, 1.82) is 0 Å². The Labute approximate surface area is 172 Å². The van der Waals surface area contributed by atoms with Gasteiger partial charge < -0.3 is 0 Å². The van der Waals surface area contributed by atoms with Gasteiger partial charge >= 0.3 is 0 Å². The number of hydrazone groups is 1. The minimum absolute atomic E-state index is 0.0256. The van der Waals surface area contributed by atoms with Crippen LogP contribution in [0.4, 0.5) is 0 Å². The fourth-order valence-corrected chi connectivity index (χ4v) is 4.26. The highest BCUT2D eigenvalue weighted by Gasteiger charge is 2.60. The van der Waals surface area contributed by atoms with Crippen molar-refractivity contribution in [3.8, 4) is 0 Å². The number of hydrogen-bond donors (Lipinski definition) is 1.